The number of hydrogen-bond acceptors (Lipinski definition) is 3. The van der Waals surface area contributed by atoms with Gasteiger partial charge in [0.2, 0.25) is 0 Å². The number of aromatic nitrogens is 2. The van der Waals surface area contributed by atoms with Gasteiger partial charge in [0.1, 0.15) is 0 Å². The van der Waals surface area contributed by atoms with Gasteiger partial charge in [-0.1, -0.05) is 29.3 Å². The number of aromatic carboxylic acids is 1. The smallest absolute Gasteiger partial charge is 0.356 e. The number of thiophene rings is 1. The van der Waals surface area contributed by atoms with Crippen molar-refractivity contribution in [3.8, 4) is 16.3 Å². The van der Waals surface area contributed by atoms with E-state index in [9.17, 15) is 4.79 Å². The summed E-state index contributed by atoms with van der Waals surface area (Å²) >= 11 is 13.5. The van der Waals surface area contributed by atoms with Gasteiger partial charge in [0.15, 0.2) is 5.69 Å². The first-order chi connectivity index (χ1) is 10.0. The van der Waals surface area contributed by atoms with Crippen LogP contribution in [0.25, 0.3) is 16.3 Å². The Balaban J connectivity index is 2.23. The van der Waals surface area contributed by atoms with Crippen LogP contribution >= 0.6 is 34.5 Å². The molecule has 2 aromatic heterocycles. The van der Waals surface area contributed by atoms with E-state index in [4.69, 9.17) is 28.3 Å². The van der Waals surface area contributed by atoms with Gasteiger partial charge in [-0.15, -0.1) is 11.3 Å². The highest BCUT2D eigenvalue weighted by molar-refractivity contribution is 7.13. The molecule has 1 N–H and O–H groups in total. The Kier molecular flexibility index (Phi) is 3.71. The molecule has 0 fully saturated rings. The SMILES string of the molecule is O=C(O)c1cc(-c2cccs2)n(-c2cc(Cl)cc(Cl)c2)n1. The molecule has 3 rings (SSSR count). The molecule has 0 aliphatic rings. The highest BCUT2D eigenvalue weighted by Crippen LogP contribution is 2.30. The molecule has 0 saturated heterocycles. The molecule has 0 saturated carbocycles. The Bertz CT molecular complexity index is 792. The third-order valence-electron chi connectivity index (χ3n) is 2.79. The average molecular weight is 339 g/mol. The van der Waals surface area contributed by atoms with E-state index in [1.54, 1.807) is 18.2 Å². The molecule has 4 nitrogen and oxygen atoms in total. The van der Waals surface area contributed by atoms with Crippen LogP contribution in [0.4, 0.5) is 0 Å². The van der Waals surface area contributed by atoms with Crippen LogP contribution in [0.2, 0.25) is 10.0 Å². The molecule has 0 aliphatic carbocycles. The summed E-state index contributed by atoms with van der Waals surface area (Å²) in [6.07, 6.45) is 0. The highest BCUT2D eigenvalue weighted by atomic mass is 35.5. The van der Waals surface area contributed by atoms with E-state index >= 15 is 0 Å². The van der Waals surface area contributed by atoms with Crippen molar-refractivity contribution < 1.29 is 9.90 Å². The minimum atomic E-state index is -1.08. The molecule has 106 valence electrons. The van der Waals surface area contributed by atoms with Crippen LogP contribution in [0.3, 0.4) is 0 Å². The Hall–Kier alpha value is -1.82. The summed E-state index contributed by atoms with van der Waals surface area (Å²) in [6.45, 7) is 0. The van der Waals surface area contributed by atoms with E-state index in [2.05, 4.69) is 5.10 Å². The Morgan fingerprint density at radius 2 is 1.90 bits per heavy atom. The molecule has 0 unspecified atom stereocenters. The number of carboxylic acid groups (broad SMARTS) is 1. The Labute approximate surface area is 134 Å². The van der Waals surface area contributed by atoms with Crippen molar-refractivity contribution in [2.24, 2.45) is 0 Å². The molecule has 21 heavy (non-hydrogen) atoms. The molecule has 0 spiro atoms. The molecule has 3 aromatic rings. The Morgan fingerprint density at radius 1 is 1.19 bits per heavy atom. The third-order valence-corrected chi connectivity index (χ3v) is 4.12. The van der Waals surface area contributed by atoms with Gasteiger partial charge in [0.25, 0.3) is 0 Å². The zero-order valence-electron chi connectivity index (χ0n) is 10.5. The number of carboxylic acids is 1. The van der Waals surface area contributed by atoms with E-state index in [1.165, 1.54) is 22.1 Å². The standard InChI is InChI=1S/C14H8Cl2N2O2S/c15-8-4-9(16)6-10(5-8)18-12(13-2-1-3-21-13)7-11(17-18)14(19)20/h1-7H,(H,19,20). The molecule has 0 amide bonds. The predicted octanol–water partition coefficient (Wildman–Crippen LogP) is 4.61. The van der Waals surface area contributed by atoms with Crippen LogP contribution in [0.5, 0.6) is 0 Å². The van der Waals surface area contributed by atoms with Crippen LogP contribution in [-0.4, -0.2) is 20.9 Å². The van der Waals surface area contributed by atoms with E-state index in [0.717, 1.165) is 4.88 Å². The zero-order valence-corrected chi connectivity index (χ0v) is 12.8. The number of benzene rings is 1. The largest absolute Gasteiger partial charge is 0.476 e. The summed E-state index contributed by atoms with van der Waals surface area (Å²) in [6, 6.07) is 10.3. The van der Waals surface area contributed by atoms with Crippen molar-refractivity contribution in [3.05, 3.63) is 57.5 Å². The normalized spacial score (nSPS) is 10.8. The fraction of sp³-hybridized carbons (Fsp3) is 0. The third kappa shape index (κ3) is 2.81. The first-order valence-corrected chi connectivity index (χ1v) is 7.52. The molecule has 1 aromatic carbocycles. The number of nitrogens with zero attached hydrogens (tertiary/aromatic N) is 2. The summed E-state index contributed by atoms with van der Waals surface area (Å²) in [7, 11) is 0. The number of halogens is 2. The lowest BCUT2D eigenvalue weighted by atomic mass is 10.2. The molecule has 7 heteroatoms. The maximum absolute atomic E-state index is 11.2. The topological polar surface area (TPSA) is 55.1 Å². The van der Waals surface area contributed by atoms with Gasteiger partial charge >= 0.3 is 5.97 Å². The molecule has 0 radical (unpaired) electrons. The molecule has 0 atom stereocenters. The lowest BCUT2D eigenvalue weighted by Crippen LogP contribution is -2.02. The number of carbonyl (C=O) groups is 1. The summed E-state index contributed by atoms with van der Waals surface area (Å²) in [5.74, 6) is -1.08. The number of hydrogen-bond donors (Lipinski definition) is 1. The first-order valence-electron chi connectivity index (χ1n) is 5.88. The van der Waals surface area contributed by atoms with E-state index in [-0.39, 0.29) is 5.69 Å². The van der Waals surface area contributed by atoms with Gasteiger partial charge in [0.05, 0.1) is 16.3 Å². The molecule has 0 bridgehead atoms. The highest BCUT2D eigenvalue weighted by Gasteiger charge is 2.17. The van der Waals surface area contributed by atoms with Crippen LogP contribution in [-0.2, 0) is 0 Å². The molecular formula is C14H8Cl2N2O2S. The second-order valence-corrected chi connectivity index (χ2v) is 6.06. The van der Waals surface area contributed by atoms with E-state index < -0.39 is 5.97 Å². The van der Waals surface area contributed by atoms with Gasteiger partial charge in [-0.25, -0.2) is 9.48 Å². The van der Waals surface area contributed by atoms with Crippen molar-refractivity contribution in [2.45, 2.75) is 0 Å². The van der Waals surface area contributed by atoms with Crippen LogP contribution in [0.15, 0.2) is 41.8 Å². The van der Waals surface area contributed by atoms with Gasteiger partial charge in [-0.2, -0.15) is 5.10 Å². The quantitative estimate of drug-likeness (QED) is 0.758. The first kappa shape index (κ1) is 14.1. The van der Waals surface area contributed by atoms with Crippen LogP contribution in [0, 0.1) is 0 Å². The van der Waals surface area contributed by atoms with Gasteiger partial charge in [-0.3, -0.25) is 0 Å². The fourth-order valence-corrected chi connectivity index (χ4v) is 3.19. The lowest BCUT2D eigenvalue weighted by Gasteiger charge is -2.07. The number of rotatable bonds is 3. The maximum Gasteiger partial charge on any atom is 0.356 e. The van der Waals surface area contributed by atoms with Gasteiger partial charge in [0, 0.05) is 16.1 Å². The fourth-order valence-electron chi connectivity index (χ4n) is 1.94. The van der Waals surface area contributed by atoms with Crippen LogP contribution < -0.4 is 0 Å². The van der Waals surface area contributed by atoms with E-state index in [0.29, 0.717) is 21.4 Å². The Morgan fingerprint density at radius 3 is 2.48 bits per heavy atom. The van der Waals surface area contributed by atoms with Crippen molar-refractivity contribution in [1.82, 2.24) is 9.78 Å². The molecular weight excluding hydrogens is 331 g/mol. The molecule has 0 aliphatic heterocycles. The summed E-state index contributed by atoms with van der Waals surface area (Å²) in [4.78, 5) is 12.1. The van der Waals surface area contributed by atoms with Crippen LogP contribution in [0.1, 0.15) is 10.5 Å². The van der Waals surface area contributed by atoms with Crippen molar-refractivity contribution >= 4 is 40.5 Å². The monoisotopic (exact) mass is 338 g/mol. The van der Waals surface area contributed by atoms with Gasteiger partial charge < -0.3 is 5.11 Å². The average Bonchev–Trinajstić information content (AvgIpc) is 3.06. The predicted molar refractivity (Wildman–Crippen MR) is 83.9 cm³/mol. The summed E-state index contributed by atoms with van der Waals surface area (Å²) in [5, 5.41) is 16.1. The lowest BCUT2D eigenvalue weighted by molar-refractivity contribution is 0.0690. The minimum absolute atomic E-state index is 0.0329. The molecule has 2 heterocycles. The van der Waals surface area contributed by atoms with Gasteiger partial charge in [-0.05, 0) is 29.6 Å². The second-order valence-electron chi connectivity index (χ2n) is 4.24. The van der Waals surface area contributed by atoms with Crippen molar-refractivity contribution in [3.63, 3.8) is 0 Å². The maximum atomic E-state index is 11.2. The second kappa shape index (κ2) is 5.52. The summed E-state index contributed by atoms with van der Waals surface area (Å²) < 4.78 is 1.53. The summed E-state index contributed by atoms with van der Waals surface area (Å²) in [5.41, 5.74) is 1.26. The zero-order chi connectivity index (χ0) is 15.0. The van der Waals surface area contributed by atoms with Crippen molar-refractivity contribution in [1.29, 1.82) is 0 Å². The van der Waals surface area contributed by atoms with Crippen molar-refractivity contribution in [2.75, 3.05) is 0 Å². The minimum Gasteiger partial charge on any atom is -0.476 e. The van der Waals surface area contributed by atoms with E-state index in [1.807, 2.05) is 17.5 Å².